The maximum absolute atomic E-state index is 10.5. The number of nitrogens with zero attached hydrogens (tertiary/aromatic N) is 3. The molecule has 0 atom stereocenters. The molecule has 0 spiro atoms. The van der Waals surface area contributed by atoms with Crippen LogP contribution < -0.4 is 4.68 Å². The Labute approximate surface area is 104 Å². The fraction of sp³-hybridized carbons (Fsp3) is 0.300. The molecule has 2 heterocycles. The van der Waals surface area contributed by atoms with E-state index in [1.807, 2.05) is 0 Å². The first-order valence-electron chi connectivity index (χ1n) is 5.26. The fourth-order valence-electron chi connectivity index (χ4n) is 1.44. The van der Waals surface area contributed by atoms with Gasteiger partial charge in [-0.15, -0.1) is 0 Å². The molecule has 2 rings (SSSR count). The molecule has 0 unspecified atom stereocenters. The molecule has 0 aromatic carbocycles. The number of hydrogen-bond acceptors (Lipinski definition) is 5. The summed E-state index contributed by atoms with van der Waals surface area (Å²) in [5.74, 6) is -0.271. The second-order valence-corrected chi connectivity index (χ2v) is 5.28. The molecular formula is C10H12N3O4S+. The van der Waals surface area contributed by atoms with Crippen molar-refractivity contribution in [2.75, 3.05) is 5.75 Å². The van der Waals surface area contributed by atoms with Gasteiger partial charge in [0, 0.05) is 24.1 Å². The molecule has 2 aromatic rings. The second kappa shape index (κ2) is 5.23. The molecule has 7 nitrogen and oxygen atoms in total. The van der Waals surface area contributed by atoms with Crippen molar-refractivity contribution in [1.29, 1.82) is 0 Å². The fourth-order valence-corrected chi connectivity index (χ4v) is 1.93. The van der Waals surface area contributed by atoms with Crippen molar-refractivity contribution in [3.05, 3.63) is 30.8 Å². The van der Waals surface area contributed by atoms with Crippen LogP contribution >= 0.6 is 0 Å². The zero-order valence-electron chi connectivity index (χ0n) is 9.43. The van der Waals surface area contributed by atoms with Crippen molar-refractivity contribution in [2.45, 2.75) is 13.0 Å². The maximum atomic E-state index is 10.5. The minimum absolute atomic E-state index is 0.271. The maximum Gasteiger partial charge on any atom is 0.265 e. The smallest absolute Gasteiger partial charge is 0.265 e. The monoisotopic (exact) mass is 270 g/mol. The summed E-state index contributed by atoms with van der Waals surface area (Å²) in [7, 11) is -3.90. The molecule has 0 saturated heterocycles. The average molecular weight is 270 g/mol. The Morgan fingerprint density at radius 2 is 2.22 bits per heavy atom. The predicted molar refractivity (Wildman–Crippen MR) is 61.0 cm³/mol. The first-order valence-corrected chi connectivity index (χ1v) is 6.87. The Bertz CT molecular complexity index is 593. The van der Waals surface area contributed by atoms with Crippen LogP contribution in [-0.2, 0) is 16.7 Å². The topological polar surface area (TPSA) is 97.2 Å². The van der Waals surface area contributed by atoms with E-state index in [1.165, 1.54) is 6.26 Å². The lowest BCUT2D eigenvalue weighted by Crippen LogP contribution is -2.38. The van der Waals surface area contributed by atoms with E-state index in [-0.39, 0.29) is 5.75 Å². The van der Waals surface area contributed by atoms with Gasteiger partial charge in [-0.2, -0.15) is 8.42 Å². The predicted octanol–water partition coefficient (Wildman–Crippen LogP) is 0.302. The lowest BCUT2D eigenvalue weighted by atomic mass is 10.2. The van der Waals surface area contributed by atoms with Crippen molar-refractivity contribution in [3.63, 3.8) is 0 Å². The van der Waals surface area contributed by atoms with Crippen LogP contribution in [0.3, 0.4) is 0 Å². The van der Waals surface area contributed by atoms with E-state index in [0.717, 1.165) is 5.56 Å². The highest BCUT2D eigenvalue weighted by atomic mass is 32.2. The van der Waals surface area contributed by atoms with Crippen LogP contribution in [0.5, 0.6) is 0 Å². The van der Waals surface area contributed by atoms with Gasteiger partial charge in [0.25, 0.3) is 10.1 Å². The van der Waals surface area contributed by atoms with Crippen LogP contribution in [0.1, 0.15) is 6.42 Å². The quantitative estimate of drug-likeness (QED) is 0.620. The lowest BCUT2D eigenvalue weighted by molar-refractivity contribution is -0.753. The number of aromatic nitrogens is 3. The third-order valence-electron chi connectivity index (χ3n) is 2.29. The Kier molecular flexibility index (Phi) is 3.68. The van der Waals surface area contributed by atoms with Crippen LogP contribution in [0, 0.1) is 0 Å². The summed E-state index contributed by atoms with van der Waals surface area (Å²) in [6, 6.07) is 3.53. The molecule has 1 N–H and O–H groups in total. The Morgan fingerprint density at radius 3 is 2.78 bits per heavy atom. The number of rotatable bonds is 5. The Morgan fingerprint density at radius 1 is 1.39 bits per heavy atom. The summed E-state index contributed by atoms with van der Waals surface area (Å²) >= 11 is 0. The van der Waals surface area contributed by atoms with E-state index < -0.39 is 10.1 Å². The largest absolute Gasteiger partial charge is 0.364 e. The third kappa shape index (κ3) is 3.60. The van der Waals surface area contributed by atoms with Gasteiger partial charge in [-0.3, -0.25) is 4.55 Å². The average Bonchev–Trinajstić information content (AvgIpc) is 2.82. The van der Waals surface area contributed by atoms with Gasteiger partial charge < -0.3 is 4.52 Å². The van der Waals surface area contributed by atoms with Gasteiger partial charge in [0.15, 0.2) is 12.7 Å². The minimum Gasteiger partial charge on any atom is -0.364 e. The second-order valence-electron chi connectivity index (χ2n) is 3.70. The van der Waals surface area contributed by atoms with Gasteiger partial charge in [-0.05, 0) is 5.10 Å². The first kappa shape index (κ1) is 12.7. The SMILES string of the molecule is O=S(=O)(O)CCC[n+]1ccc(-c2ccon2)cn1. The van der Waals surface area contributed by atoms with E-state index in [4.69, 9.17) is 9.08 Å². The van der Waals surface area contributed by atoms with Crippen molar-refractivity contribution in [2.24, 2.45) is 0 Å². The summed E-state index contributed by atoms with van der Waals surface area (Å²) in [5.41, 5.74) is 1.50. The van der Waals surface area contributed by atoms with Crippen LogP contribution in [0.2, 0.25) is 0 Å². The molecule has 18 heavy (non-hydrogen) atoms. The standard InChI is InChI=1S/C10H11N3O4S/c14-18(15,16)7-1-4-13-5-2-9(8-11-13)10-3-6-17-12-10/h2-3,5-6,8H,1,4,7H2/p+1. The molecule has 0 aliphatic carbocycles. The number of aryl methyl sites for hydroxylation is 1. The minimum atomic E-state index is -3.90. The van der Waals surface area contributed by atoms with Gasteiger partial charge in [-0.1, -0.05) is 9.84 Å². The van der Waals surface area contributed by atoms with Gasteiger partial charge in [0.2, 0.25) is 0 Å². The Balaban J connectivity index is 1.96. The molecule has 8 heteroatoms. The molecule has 0 fully saturated rings. The highest BCUT2D eigenvalue weighted by molar-refractivity contribution is 7.85. The summed E-state index contributed by atoms with van der Waals surface area (Å²) in [4.78, 5) is 0. The van der Waals surface area contributed by atoms with E-state index in [1.54, 1.807) is 29.2 Å². The van der Waals surface area contributed by atoms with E-state index in [2.05, 4.69) is 10.3 Å². The molecule has 0 aliphatic heterocycles. The third-order valence-corrected chi connectivity index (χ3v) is 3.10. The van der Waals surface area contributed by atoms with E-state index in [0.29, 0.717) is 18.7 Å². The van der Waals surface area contributed by atoms with Crippen molar-refractivity contribution in [1.82, 2.24) is 10.3 Å². The van der Waals surface area contributed by atoms with Crippen molar-refractivity contribution >= 4 is 10.1 Å². The van der Waals surface area contributed by atoms with Gasteiger partial charge >= 0.3 is 0 Å². The normalized spacial score (nSPS) is 11.6. The van der Waals surface area contributed by atoms with E-state index >= 15 is 0 Å². The van der Waals surface area contributed by atoms with Crippen LogP contribution in [0.25, 0.3) is 11.3 Å². The molecular weight excluding hydrogens is 258 g/mol. The summed E-state index contributed by atoms with van der Waals surface area (Å²) < 4.78 is 36.0. The Hall–Kier alpha value is -1.80. The lowest BCUT2D eigenvalue weighted by Gasteiger charge is -1.95. The van der Waals surface area contributed by atoms with Crippen LogP contribution in [-0.4, -0.2) is 29.0 Å². The van der Waals surface area contributed by atoms with Gasteiger partial charge in [-0.25, -0.2) is 0 Å². The molecule has 0 saturated carbocycles. The van der Waals surface area contributed by atoms with Crippen molar-refractivity contribution < 1.29 is 22.2 Å². The molecule has 0 aliphatic rings. The van der Waals surface area contributed by atoms with Gasteiger partial charge in [0.1, 0.15) is 18.2 Å². The summed E-state index contributed by atoms with van der Waals surface area (Å²) in [6.45, 7) is 0.416. The zero-order chi connectivity index (χ0) is 13.0. The first-order chi connectivity index (χ1) is 8.54. The molecule has 0 amide bonds. The van der Waals surface area contributed by atoms with Crippen LogP contribution in [0.4, 0.5) is 0 Å². The highest BCUT2D eigenvalue weighted by Gasteiger charge is 2.09. The molecule has 2 aromatic heterocycles. The van der Waals surface area contributed by atoms with Crippen molar-refractivity contribution in [3.8, 4) is 11.3 Å². The van der Waals surface area contributed by atoms with Crippen LogP contribution in [0.15, 0.2) is 35.3 Å². The van der Waals surface area contributed by atoms with E-state index in [9.17, 15) is 8.42 Å². The molecule has 0 bridgehead atoms. The summed E-state index contributed by atoms with van der Waals surface area (Å²) in [6.07, 6.45) is 5.11. The summed E-state index contributed by atoms with van der Waals surface area (Å²) in [5, 5.41) is 7.89. The highest BCUT2D eigenvalue weighted by Crippen LogP contribution is 2.13. The van der Waals surface area contributed by atoms with Gasteiger partial charge in [0.05, 0.1) is 5.75 Å². The number of hydrogen-bond donors (Lipinski definition) is 1. The molecule has 0 radical (unpaired) electrons. The molecule has 96 valence electrons. The zero-order valence-corrected chi connectivity index (χ0v) is 10.2.